The summed E-state index contributed by atoms with van der Waals surface area (Å²) in [4.78, 5) is 34.5. The first-order valence-electron chi connectivity index (χ1n) is 12.9. The van der Waals surface area contributed by atoms with E-state index in [4.69, 9.17) is 4.98 Å². The SMILES string of the molecule is CCCCCCN(C(=O)c1ccc(C)cc1)C(C)c1nc2ccccc2c(=O)n1-c1ccccc1C. The molecule has 0 spiro atoms. The minimum absolute atomic E-state index is 0.0438. The first-order chi connectivity index (χ1) is 17.4. The van der Waals surface area contributed by atoms with Crippen LogP contribution in [0.2, 0.25) is 0 Å². The van der Waals surface area contributed by atoms with Crippen LogP contribution in [-0.2, 0) is 0 Å². The molecule has 1 aromatic heterocycles. The monoisotopic (exact) mass is 481 g/mol. The summed E-state index contributed by atoms with van der Waals surface area (Å²) in [5, 5.41) is 0.566. The maximum absolute atomic E-state index is 13.8. The molecule has 0 saturated carbocycles. The highest BCUT2D eigenvalue weighted by atomic mass is 16.2. The van der Waals surface area contributed by atoms with Gasteiger partial charge >= 0.3 is 0 Å². The van der Waals surface area contributed by atoms with Crippen molar-refractivity contribution in [2.75, 3.05) is 6.54 Å². The number of nitrogens with zero attached hydrogens (tertiary/aromatic N) is 3. The Morgan fingerprint density at radius 3 is 2.33 bits per heavy atom. The Hall–Kier alpha value is -3.73. The van der Waals surface area contributed by atoms with E-state index >= 15 is 0 Å². The van der Waals surface area contributed by atoms with E-state index in [1.807, 2.05) is 98.5 Å². The van der Waals surface area contributed by atoms with E-state index in [0.29, 0.717) is 28.8 Å². The lowest BCUT2D eigenvalue weighted by molar-refractivity contribution is 0.0677. The molecule has 1 heterocycles. The lowest BCUT2D eigenvalue weighted by Crippen LogP contribution is -2.38. The lowest BCUT2D eigenvalue weighted by atomic mass is 10.1. The van der Waals surface area contributed by atoms with Crippen LogP contribution in [0.15, 0.2) is 77.6 Å². The van der Waals surface area contributed by atoms with E-state index in [0.717, 1.165) is 42.5 Å². The van der Waals surface area contributed by atoms with Crippen LogP contribution in [0.25, 0.3) is 16.6 Å². The molecule has 0 N–H and O–H groups in total. The van der Waals surface area contributed by atoms with Crippen molar-refractivity contribution in [3.05, 3.63) is 106 Å². The minimum atomic E-state index is -0.405. The molecule has 0 bridgehead atoms. The second-order valence-electron chi connectivity index (χ2n) is 9.52. The van der Waals surface area contributed by atoms with Gasteiger partial charge in [0.25, 0.3) is 11.5 Å². The van der Waals surface area contributed by atoms with Gasteiger partial charge in [0.1, 0.15) is 5.82 Å². The zero-order valence-electron chi connectivity index (χ0n) is 21.7. The second-order valence-corrected chi connectivity index (χ2v) is 9.52. The van der Waals surface area contributed by atoms with Crippen molar-refractivity contribution in [2.45, 2.75) is 59.4 Å². The van der Waals surface area contributed by atoms with Crippen LogP contribution in [0.1, 0.15) is 72.9 Å². The highest BCUT2D eigenvalue weighted by Crippen LogP contribution is 2.26. The summed E-state index contributed by atoms with van der Waals surface area (Å²) in [6, 6.07) is 22.5. The topological polar surface area (TPSA) is 55.2 Å². The third-order valence-corrected chi connectivity index (χ3v) is 6.81. The van der Waals surface area contributed by atoms with Crippen LogP contribution >= 0.6 is 0 Å². The Morgan fingerprint density at radius 2 is 1.61 bits per heavy atom. The van der Waals surface area contributed by atoms with Gasteiger partial charge in [0.2, 0.25) is 0 Å². The third kappa shape index (κ3) is 5.25. The van der Waals surface area contributed by atoms with Crippen LogP contribution in [0.4, 0.5) is 0 Å². The number of para-hydroxylation sites is 2. The fourth-order valence-corrected chi connectivity index (χ4v) is 4.66. The van der Waals surface area contributed by atoms with E-state index < -0.39 is 6.04 Å². The Morgan fingerprint density at radius 1 is 0.917 bits per heavy atom. The fraction of sp³-hybridized carbons (Fsp3) is 0.323. The molecule has 1 unspecified atom stereocenters. The van der Waals surface area contributed by atoms with Gasteiger partial charge in [0, 0.05) is 12.1 Å². The standard InChI is InChI=1S/C31H35N3O2/c1-5-6-7-12-21-33(30(35)25-19-17-22(2)18-20-25)24(4)29-32-27-15-10-9-14-26(27)31(36)34(29)28-16-11-8-13-23(28)3/h8-11,13-20,24H,5-7,12,21H2,1-4H3. The van der Waals surface area contributed by atoms with Gasteiger partial charge in [-0.15, -0.1) is 0 Å². The van der Waals surface area contributed by atoms with Crippen molar-refractivity contribution >= 4 is 16.8 Å². The van der Waals surface area contributed by atoms with Crippen molar-refractivity contribution in [1.82, 2.24) is 14.5 Å². The Balaban J connectivity index is 1.86. The number of amides is 1. The van der Waals surface area contributed by atoms with Gasteiger partial charge in [-0.1, -0.05) is 74.2 Å². The molecule has 3 aromatic carbocycles. The smallest absolute Gasteiger partial charge is 0.266 e. The molecule has 186 valence electrons. The van der Waals surface area contributed by atoms with Gasteiger partial charge in [0.15, 0.2) is 0 Å². The molecule has 0 radical (unpaired) electrons. The number of hydrogen-bond acceptors (Lipinski definition) is 3. The molecule has 1 atom stereocenters. The van der Waals surface area contributed by atoms with Crippen LogP contribution in [0.5, 0.6) is 0 Å². The number of carbonyl (C=O) groups is 1. The lowest BCUT2D eigenvalue weighted by Gasteiger charge is -2.31. The van der Waals surface area contributed by atoms with Crippen LogP contribution in [0, 0.1) is 13.8 Å². The fourth-order valence-electron chi connectivity index (χ4n) is 4.66. The van der Waals surface area contributed by atoms with Crippen molar-refractivity contribution < 1.29 is 4.79 Å². The number of benzene rings is 3. The quantitative estimate of drug-likeness (QED) is 0.247. The van der Waals surface area contributed by atoms with Crippen molar-refractivity contribution in [3.63, 3.8) is 0 Å². The summed E-state index contributed by atoms with van der Waals surface area (Å²) in [6.45, 7) is 8.77. The molecule has 4 rings (SSSR count). The summed E-state index contributed by atoms with van der Waals surface area (Å²) in [5.74, 6) is 0.529. The summed E-state index contributed by atoms with van der Waals surface area (Å²) in [5.41, 5.74) is 4.04. The Labute approximate surface area is 213 Å². The van der Waals surface area contributed by atoms with E-state index in [-0.39, 0.29) is 11.5 Å². The van der Waals surface area contributed by atoms with E-state index in [9.17, 15) is 9.59 Å². The summed E-state index contributed by atoms with van der Waals surface area (Å²) < 4.78 is 1.70. The molecule has 5 heteroatoms. The number of fused-ring (bicyclic) bond motifs is 1. The van der Waals surface area contributed by atoms with Gasteiger partial charge in [-0.3, -0.25) is 14.2 Å². The molecule has 0 fully saturated rings. The average Bonchev–Trinajstić information content (AvgIpc) is 2.89. The van der Waals surface area contributed by atoms with Crippen molar-refractivity contribution in [3.8, 4) is 5.69 Å². The van der Waals surface area contributed by atoms with Crippen molar-refractivity contribution in [2.24, 2.45) is 0 Å². The predicted octanol–water partition coefficient (Wildman–Crippen LogP) is 6.79. The van der Waals surface area contributed by atoms with E-state index in [1.54, 1.807) is 4.57 Å². The molecule has 0 saturated heterocycles. The number of rotatable bonds is 9. The van der Waals surface area contributed by atoms with Crippen molar-refractivity contribution in [1.29, 1.82) is 0 Å². The molecule has 36 heavy (non-hydrogen) atoms. The molecule has 1 amide bonds. The molecule has 5 nitrogen and oxygen atoms in total. The highest BCUT2D eigenvalue weighted by Gasteiger charge is 2.27. The second kappa shape index (κ2) is 11.3. The number of carbonyl (C=O) groups excluding carboxylic acids is 1. The average molecular weight is 482 g/mol. The molecule has 0 aliphatic carbocycles. The maximum Gasteiger partial charge on any atom is 0.266 e. The van der Waals surface area contributed by atoms with Gasteiger partial charge in [-0.2, -0.15) is 0 Å². The number of hydrogen-bond donors (Lipinski definition) is 0. The van der Waals surface area contributed by atoms with E-state index in [1.165, 1.54) is 0 Å². The first-order valence-corrected chi connectivity index (χ1v) is 12.9. The maximum atomic E-state index is 13.8. The number of aromatic nitrogens is 2. The van der Waals surface area contributed by atoms with Gasteiger partial charge in [-0.05, 0) is 63.1 Å². The van der Waals surface area contributed by atoms with Gasteiger partial charge < -0.3 is 4.90 Å². The zero-order chi connectivity index (χ0) is 25.7. The first kappa shape index (κ1) is 25.4. The molecule has 0 aliphatic rings. The van der Waals surface area contributed by atoms with Crippen LogP contribution in [-0.4, -0.2) is 26.9 Å². The summed E-state index contributed by atoms with van der Waals surface area (Å²) >= 11 is 0. The largest absolute Gasteiger partial charge is 0.329 e. The number of unbranched alkanes of at least 4 members (excludes halogenated alkanes) is 3. The normalized spacial score (nSPS) is 12.0. The predicted molar refractivity (Wildman–Crippen MR) is 147 cm³/mol. The molecular weight excluding hydrogens is 446 g/mol. The molecule has 4 aromatic rings. The molecular formula is C31H35N3O2. The molecule has 0 aliphatic heterocycles. The van der Waals surface area contributed by atoms with Gasteiger partial charge in [0.05, 0.1) is 22.6 Å². The highest BCUT2D eigenvalue weighted by molar-refractivity contribution is 5.94. The Bertz CT molecular complexity index is 1410. The van der Waals surface area contributed by atoms with E-state index in [2.05, 4.69) is 6.92 Å². The Kier molecular flexibility index (Phi) is 7.99. The third-order valence-electron chi connectivity index (χ3n) is 6.81. The van der Waals surface area contributed by atoms with Crippen LogP contribution < -0.4 is 5.56 Å². The van der Waals surface area contributed by atoms with Crippen LogP contribution in [0.3, 0.4) is 0 Å². The van der Waals surface area contributed by atoms with Gasteiger partial charge in [-0.25, -0.2) is 4.98 Å². The summed E-state index contributed by atoms with van der Waals surface area (Å²) in [7, 11) is 0. The minimum Gasteiger partial charge on any atom is -0.329 e. The zero-order valence-corrected chi connectivity index (χ0v) is 21.7. The number of aryl methyl sites for hydroxylation is 2. The summed E-state index contributed by atoms with van der Waals surface area (Å²) in [6.07, 6.45) is 4.21.